The van der Waals surface area contributed by atoms with Crippen LogP contribution >= 0.6 is 12.2 Å². The third kappa shape index (κ3) is 3.19. The molecule has 1 aromatic carbocycles. The number of carbonyl (C=O) groups excluding carboxylic acids is 2. The average Bonchev–Trinajstić information content (AvgIpc) is 2.79. The Bertz CT molecular complexity index is 850. The van der Waals surface area contributed by atoms with Gasteiger partial charge in [-0.25, -0.2) is 4.85 Å². The first kappa shape index (κ1) is 19.3. The second kappa shape index (κ2) is 6.93. The van der Waals surface area contributed by atoms with Crippen LogP contribution in [0.4, 0.5) is 11.4 Å². The predicted molar refractivity (Wildman–Crippen MR) is 109 cm³/mol. The van der Waals surface area contributed by atoms with Gasteiger partial charge in [0.05, 0.1) is 6.57 Å². The number of carbonyl (C=O) groups is 2. The minimum absolute atomic E-state index is 0.0588. The first-order valence-corrected chi connectivity index (χ1v) is 9.50. The van der Waals surface area contributed by atoms with Crippen molar-refractivity contribution in [2.75, 3.05) is 18.0 Å². The van der Waals surface area contributed by atoms with Crippen LogP contribution in [0.1, 0.15) is 39.2 Å². The molecule has 7 heteroatoms. The Morgan fingerprint density at radius 3 is 2.44 bits per heavy atom. The van der Waals surface area contributed by atoms with Crippen molar-refractivity contribution in [2.24, 2.45) is 0 Å². The van der Waals surface area contributed by atoms with Gasteiger partial charge in [-0.15, -0.1) is 0 Å². The van der Waals surface area contributed by atoms with Crippen LogP contribution in [0.5, 0.6) is 0 Å². The molecule has 0 N–H and O–H groups in total. The first-order chi connectivity index (χ1) is 12.7. The molecule has 0 spiro atoms. The number of amides is 2. The van der Waals surface area contributed by atoms with E-state index in [9.17, 15) is 9.59 Å². The molecule has 1 aromatic rings. The number of hydrogen-bond donors (Lipinski definition) is 0. The molecule has 0 radical (unpaired) electrons. The van der Waals surface area contributed by atoms with Crippen molar-refractivity contribution < 1.29 is 9.59 Å². The van der Waals surface area contributed by atoms with E-state index < -0.39 is 5.54 Å². The van der Waals surface area contributed by atoms with Gasteiger partial charge in [0.1, 0.15) is 5.54 Å². The summed E-state index contributed by atoms with van der Waals surface area (Å²) in [6, 6.07) is 5.48. The standard InChI is InChI=1S/C20H24N4O2S/c1-13-12-16(6-7-17(13)21-5)23-18(26)20(3,4)24(19(23)27)15-8-10-22(11-9-15)14(2)25/h6-7,12,15H,8-11H2,1-4H3. The van der Waals surface area contributed by atoms with Crippen molar-refractivity contribution in [3.8, 4) is 0 Å². The van der Waals surface area contributed by atoms with Crippen LogP contribution in [-0.2, 0) is 9.59 Å². The first-order valence-electron chi connectivity index (χ1n) is 9.10. The number of nitrogens with zero attached hydrogens (tertiary/aromatic N) is 4. The van der Waals surface area contributed by atoms with Crippen LogP contribution in [0.25, 0.3) is 4.85 Å². The number of rotatable bonds is 2. The Hall–Kier alpha value is -2.46. The van der Waals surface area contributed by atoms with Crippen molar-refractivity contribution >= 4 is 40.5 Å². The van der Waals surface area contributed by atoms with Crippen molar-refractivity contribution in [2.45, 2.75) is 52.1 Å². The Labute approximate surface area is 165 Å². The Kier molecular flexibility index (Phi) is 4.96. The van der Waals surface area contributed by atoms with Gasteiger partial charge in [0.15, 0.2) is 10.8 Å². The van der Waals surface area contributed by atoms with Crippen LogP contribution in [0, 0.1) is 13.5 Å². The molecule has 2 fully saturated rings. The Balaban J connectivity index is 1.89. The molecule has 27 heavy (non-hydrogen) atoms. The second-order valence-corrected chi connectivity index (χ2v) is 8.04. The van der Waals surface area contributed by atoms with Crippen LogP contribution in [0.2, 0.25) is 0 Å². The number of likely N-dealkylation sites (tertiary alicyclic amines) is 1. The summed E-state index contributed by atoms with van der Waals surface area (Å²) in [4.78, 5) is 33.8. The summed E-state index contributed by atoms with van der Waals surface area (Å²) >= 11 is 5.73. The molecule has 2 aliphatic heterocycles. The molecule has 2 saturated heterocycles. The van der Waals surface area contributed by atoms with Gasteiger partial charge in [-0.3, -0.25) is 14.5 Å². The van der Waals surface area contributed by atoms with Gasteiger partial charge in [-0.2, -0.15) is 0 Å². The molecule has 0 unspecified atom stereocenters. The highest BCUT2D eigenvalue weighted by Gasteiger charge is 2.52. The normalized spacial score (nSPS) is 20.2. The summed E-state index contributed by atoms with van der Waals surface area (Å²) < 4.78 is 0. The molecule has 0 saturated carbocycles. The lowest BCUT2D eigenvalue weighted by Crippen LogP contribution is -2.54. The maximum atomic E-state index is 13.2. The maximum absolute atomic E-state index is 13.2. The number of thiocarbonyl (C=S) groups is 1. The van der Waals surface area contributed by atoms with Crippen molar-refractivity contribution in [3.63, 3.8) is 0 Å². The second-order valence-electron chi connectivity index (χ2n) is 7.67. The van der Waals surface area contributed by atoms with Gasteiger partial charge in [0.25, 0.3) is 5.91 Å². The molecule has 2 amide bonds. The maximum Gasteiger partial charge on any atom is 0.258 e. The minimum atomic E-state index is -0.744. The fourth-order valence-electron chi connectivity index (χ4n) is 3.99. The lowest BCUT2D eigenvalue weighted by atomic mass is 9.96. The number of piperidine rings is 1. The van der Waals surface area contributed by atoms with E-state index in [0.29, 0.717) is 29.6 Å². The number of hydrogen-bond acceptors (Lipinski definition) is 3. The van der Waals surface area contributed by atoms with E-state index in [1.807, 2.05) is 36.6 Å². The van der Waals surface area contributed by atoms with Gasteiger partial charge in [-0.1, -0.05) is 6.07 Å². The number of benzene rings is 1. The van der Waals surface area contributed by atoms with Gasteiger partial charge in [-0.05, 0) is 63.5 Å². The summed E-state index contributed by atoms with van der Waals surface area (Å²) in [5.74, 6) is 0.0289. The van der Waals surface area contributed by atoms with Crippen molar-refractivity contribution in [3.05, 3.63) is 35.2 Å². The van der Waals surface area contributed by atoms with Crippen LogP contribution in [0.3, 0.4) is 0 Å². The lowest BCUT2D eigenvalue weighted by molar-refractivity contribution is -0.131. The number of anilines is 1. The van der Waals surface area contributed by atoms with E-state index in [0.717, 1.165) is 18.4 Å². The Morgan fingerprint density at radius 1 is 1.30 bits per heavy atom. The van der Waals surface area contributed by atoms with Crippen LogP contribution in [0.15, 0.2) is 18.2 Å². The molecule has 2 aliphatic rings. The van der Waals surface area contributed by atoms with Gasteiger partial charge in [0, 0.05) is 31.7 Å². The van der Waals surface area contributed by atoms with Crippen LogP contribution < -0.4 is 4.90 Å². The van der Waals surface area contributed by atoms with Crippen LogP contribution in [-0.4, -0.2) is 51.4 Å². The Morgan fingerprint density at radius 2 is 1.93 bits per heavy atom. The zero-order chi connectivity index (χ0) is 19.9. The van der Waals surface area contributed by atoms with E-state index in [2.05, 4.69) is 4.85 Å². The largest absolute Gasteiger partial charge is 0.343 e. The SMILES string of the molecule is [C-]#[N+]c1ccc(N2C(=O)C(C)(C)N(C3CCN(C(C)=O)CC3)C2=S)cc1C. The fourth-order valence-corrected chi connectivity index (χ4v) is 4.56. The summed E-state index contributed by atoms with van der Waals surface area (Å²) in [7, 11) is 0. The van der Waals surface area contributed by atoms with E-state index in [-0.39, 0.29) is 17.9 Å². The summed E-state index contributed by atoms with van der Waals surface area (Å²) in [6.07, 6.45) is 1.58. The monoisotopic (exact) mass is 384 g/mol. The smallest absolute Gasteiger partial charge is 0.258 e. The molecule has 3 rings (SSSR count). The summed E-state index contributed by atoms with van der Waals surface area (Å²) in [5.41, 5.74) is 1.35. The lowest BCUT2D eigenvalue weighted by Gasteiger charge is -2.41. The topological polar surface area (TPSA) is 48.2 Å². The van der Waals surface area contributed by atoms with Crippen molar-refractivity contribution in [1.29, 1.82) is 0 Å². The molecule has 0 bridgehead atoms. The van der Waals surface area contributed by atoms with Gasteiger partial charge in [0.2, 0.25) is 5.91 Å². The summed E-state index contributed by atoms with van der Waals surface area (Å²) in [6.45, 7) is 15.8. The molecule has 6 nitrogen and oxygen atoms in total. The molecule has 0 atom stereocenters. The zero-order valence-corrected chi connectivity index (χ0v) is 17.0. The van der Waals surface area contributed by atoms with E-state index in [4.69, 9.17) is 18.8 Å². The van der Waals surface area contributed by atoms with E-state index in [1.165, 1.54) is 0 Å². The molecule has 0 aliphatic carbocycles. The fraction of sp³-hybridized carbons (Fsp3) is 0.500. The van der Waals surface area contributed by atoms with E-state index >= 15 is 0 Å². The van der Waals surface area contributed by atoms with Gasteiger partial charge < -0.3 is 9.80 Å². The quantitative estimate of drug-likeness (QED) is 0.580. The highest BCUT2D eigenvalue weighted by atomic mass is 32.1. The van der Waals surface area contributed by atoms with E-state index in [1.54, 1.807) is 24.0 Å². The molecular formula is C20H24N4O2S. The molecule has 142 valence electrons. The number of aryl methyl sites for hydroxylation is 1. The summed E-state index contributed by atoms with van der Waals surface area (Å²) in [5, 5.41) is 0.501. The highest BCUT2D eigenvalue weighted by Crippen LogP contribution is 2.37. The predicted octanol–water partition coefficient (Wildman–Crippen LogP) is 3.27. The molecular weight excluding hydrogens is 360 g/mol. The molecule has 2 heterocycles. The minimum Gasteiger partial charge on any atom is -0.343 e. The third-order valence-electron chi connectivity index (χ3n) is 5.56. The molecule has 0 aromatic heterocycles. The zero-order valence-electron chi connectivity index (χ0n) is 16.2. The average molecular weight is 385 g/mol. The third-order valence-corrected chi connectivity index (χ3v) is 5.94. The van der Waals surface area contributed by atoms with Crippen molar-refractivity contribution in [1.82, 2.24) is 9.80 Å². The van der Waals surface area contributed by atoms with Gasteiger partial charge >= 0.3 is 0 Å². The highest BCUT2D eigenvalue weighted by molar-refractivity contribution is 7.80.